The molecule has 3 heteroatoms. The van der Waals surface area contributed by atoms with Gasteiger partial charge >= 0.3 is 0 Å². The third-order valence-electron chi connectivity index (χ3n) is 1.87. The molecule has 0 aromatic carbocycles. The minimum absolute atomic E-state index is 0.0752. The maximum atomic E-state index is 4.27. The summed E-state index contributed by atoms with van der Waals surface area (Å²) in [5.74, 6) is 0. The molecule has 0 saturated heterocycles. The van der Waals surface area contributed by atoms with Crippen molar-refractivity contribution in [2.45, 2.75) is 6.17 Å². The highest BCUT2D eigenvalue weighted by atomic mass is 15.2. The van der Waals surface area contributed by atoms with Crippen molar-refractivity contribution in [3.63, 3.8) is 0 Å². The topological polar surface area (TPSA) is 28.3 Å². The summed E-state index contributed by atoms with van der Waals surface area (Å²) < 4.78 is 2.03. The Morgan fingerprint density at radius 1 is 1.42 bits per heavy atom. The van der Waals surface area contributed by atoms with Crippen molar-refractivity contribution in [3.05, 3.63) is 30.1 Å². The van der Waals surface area contributed by atoms with Crippen molar-refractivity contribution in [1.82, 2.24) is 4.98 Å². The van der Waals surface area contributed by atoms with Crippen LogP contribution in [0.2, 0.25) is 0 Å². The predicted molar refractivity (Wildman–Crippen MR) is 47.7 cm³/mol. The summed E-state index contributed by atoms with van der Waals surface area (Å²) in [6.07, 6.45) is 5.61. The van der Waals surface area contributed by atoms with Crippen LogP contribution in [0.5, 0.6) is 0 Å². The second kappa shape index (κ2) is 2.85. The van der Waals surface area contributed by atoms with Gasteiger partial charge in [0.15, 0.2) is 6.21 Å². The Balaban J connectivity index is 2.33. The van der Waals surface area contributed by atoms with Crippen LogP contribution in [0.15, 0.2) is 29.4 Å². The van der Waals surface area contributed by atoms with Crippen LogP contribution >= 0.6 is 0 Å². The van der Waals surface area contributed by atoms with E-state index in [0.29, 0.717) is 0 Å². The van der Waals surface area contributed by atoms with Crippen molar-refractivity contribution >= 4 is 12.4 Å². The normalized spacial score (nSPS) is 21.1. The molecule has 2 rings (SSSR count). The van der Waals surface area contributed by atoms with Gasteiger partial charge in [-0.2, -0.15) is 0 Å². The summed E-state index contributed by atoms with van der Waals surface area (Å²) in [6.45, 7) is 0. The first-order valence-electron chi connectivity index (χ1n) is 3.87. The Morgan fingerprint density at radius 3 is 2.92 bits per heavy atom. The van der Waals surface area contributed by atoms with Gasteiger partial charge in [-0.15, -0.1) is 0 Å². The molecule has 0 bridgehead atoms. The number of pyridine rings is 1. The molecule has 0 aliphatic carbocycles. The molecule has 1 atom stereocenters. The second-order valence-corrected chi connectivity index (χ2v) is 2.74. The van der Waals surface area contributed by atoms with Crippen molar-refractivity contribution < 1.29 is 4.58 Å². The first-order chi connectivity index (χ1) is 5.88. The number of rotatable bonds is 1. The first-order valence-corrected chi connectivity index (χ1v) is 3.87. The minimum atomic E-state index is 0.0752. The molecule has 0 spiro atoms. The summed E-state index contributed by atoms with van der Waals surface area (Å²) in [5.41, 5.74) is 0.991. The highest BCUT2D eigenvalue weighted by Gasteiger charge is 2.21. The third kappa shape index (κ3) is 1.13. The Labute approximate surface area is 71.1 Å². The molecule has 0 fully saturated rings. The maximum absolute atomic E-state index is 4.27. The number of aliphatic imine (C=N–C) groups is 1. The van der Waals surface area contributed by atoms with Gasteiger partial charge in [-0.25, -0.2) is 9.57 Å². The van der Waals surface area contributed by atoms with Crippen LogP contribution in [0.4, 0.5) is 0 Å². The summed E-state index contributed by atoms with van der Waals surface area (Å²) in [6, 6.07) is 5.87. The minimum Gasteiger partial charge on any atom is -0.252 e. The SMILES string of the molecule is C[N+]1=CC=NC1c1ccccn1. The van der Waals surface area contributed by atoms with Crippen LogP contribution < -0.4 is 0 Å². The third-order valence-corrected chi connectivity index (χ3v) is 1.87. The first kappa shape index (κ1) is 7.16. The lowest BCUT2D eigenvalue weighted by Gasteiger charge is -2.02. The average molecular weight is 160 g/mol. The molecule has 12 heavy (non-hydrogen) atoms. The molecule has 1 aliphatic heterocycles. The number of hydrogen-bond donors (Lipinski definition) is 0. The zero-order valence-electron chi connectivity index (χ0n) is 6.88. The van der Waals surface area contributed by atoms with E-state index in [1.165, 1.54) is 0 Å². The van der Waals surface area contributed by atoms with Gasteiger partial charge in [0.1, 0.15) is 12.7 Å². The summed E-state index contributed by atoms with van der Waals surface area (Å²) in [7, 11) is 1.99. The zero-order valence-corrected chi connectivity index (χ0v) is 6.88. The van der Waals surface area contributed by atoms with E-state index in [0.717, 1.165) is 5.69 Å². The van der Waals surface area contributed by atoms with E-state index in [2.05, 4.69) is 9.98 Å². The summed E-state index contributed by atoms with van der Waals surface area (Å²) in [5, 5.41) is 0. The van der Waals surface area contributed by atoms with E-state index in [-0.39, 0.29) is 6.17 Å². The van der Waals surface area contributed by atoms with E-state index in [1.54, 1.807) is 12.4 Å². The maximum Gasteiger partial charge on any atom is 0.289 e. The van der Waals surface area contributed by atoms with Crippen molar-refractivity contribution in [3.8, 4) is 0 Å². The van der Waals surface area contributed by atoms with Crippen LogP contribution in [0.3, 0.4) is 0 Å². The smallest absolute Gasteiger partial charge is 0.252 e. The monoisotopic (exact) mass is 160 g/mol. The van der Waals surface area contributed by atoms with E-state index in [4.69, 9.17) is 0 Å². The Morgan fingerprint density at radius 2 is 2.33 bits per heavy atom. The van der Waals surface area contributed by atoms with Gasteiger partial charge in [-0.05, 0) is 12.1 Å². The molecule has 1 aromatic rings. The number of hydrogen-bond acceptors (Lipinski definition) is 2. The van der Waals surface area contributed by atoms with Gasteiger partial charge in [0, 0.05) is 6.20 Å². The van der Waals surface area contributed by atoms with Gasteiger partial charge < -0.3 is 0 Å². The molecule has 1 unspecified atom stereocenters. The fraction of sp³-hybridized carbons (Fsp3) is 0.222. The molecule has 1 aromatic heterocycles. The molecule has 0 N–H and O–H groups in total. The van der Waals surface area contributed by atoms with Crippen LogP contribution in [-0.2, 0) is 0 Å². The number of nitrogens with zero attached hydrogens (tertiary/aromatic N) is 3. The van der Waals surface area contributed by atoms with Gasteiger partial charge in [0.2, 0.25) is 0 Å². The van der Waals surface area contributed by atoms with Gasteiger partial charge in [-0.3, -0.25) is 4.98 Å². The van der Waals surface area contributed by atoms with Crippen LogP contribution in [-0.4, -0.2) is 29.0 Å². The van der Waals surface area contributed by atoms with E-state index >= 15 is 0 Å². The fourth-order valence-corrected chi connectivity index (χ4v) is 1.23. The van der Waals surface area contributed by atoms with Crippen molar-refractivity contribution in [2.24, 2.45) is 4.99 Å². The van der Waals surface area contributed by atoms with Gasteiger partial charge in [-0.1, -0.05) is 6.07 Å². The van der Waals surface area contributed by atoms with Gasteiger partial charge in [0.25, 0.3) is 6.17 Å². The van der Waals surface area contributed by atoms with Crippen LogP contribution in [0.1, 0.15) is 11.9 Å². The molecule has 0 saturated carbocycles. The molecule has 1 aliphatic rings. The Hall–Kier alpha value is -1.51. The molecule has 3 nitrogen and oxygen atoms in total. The van der Waals surface area contributed by atoms with Gasteiger partial charge in [0.05, 0.1) is 6.21 Å². The molecule has 2 heterocycles. The van der Waals surface area contributed by atoms with E-state index in [1.807, 2.05) is 36.0 Å². The highest BCUT2D eigenvalue weighted by molar-refractivity contribution is 6.14. The predicted octanol–water partition coefficient (Wildman–Crippen LogP) is 0.878. The zero-order chi connectivity index (χ0) is 8.39. The van der Waals surface area contributed by atoms with Crippen molar-refractivity contribution in [1.29, 1.82) is 0 Å². The standard InChI is InChI=1S/C9H10N3/c1-12-7-6-11-9(12)8-4-2-3-5-10-8/h2-7,9H,1H3/q+1. The lowest BCUT2D eigenvalue weighted by Crippen LogP contribution is -2.10. The largest absolute Gasteiger partial charge is 0.289 e. The molecular formula is C9H10N3+. The molecule has 0 radical (unpaired) electrons. The molecule has 0 amide bonds. The summed E-state index contributed by atoms with van der Waals surface area (Å²) in [4.78, 5) is 8.51. The average Bonchev–Trinajstić information content (AvgIpc) is 2.53. The fourth-order valence-electron chi connectivity index (χ4n) is 1.23. The lowest BCUT2D eigenvalue weighted by atomic mass is 10.3. The Kier molecular flexibility index (Phi) is 1.70. The van der Waals surface area contributed by atoms with Crippen LogP contribution in [0, 0.1) is 0 Å². The molecular weight excluding hydrogens is 150 g/mol. The molecule has 60 valence electrons. The second-order valence-electron chi connectivity index (χ2n) is 2.74. The highest BCUT2D eigenvalue weighted by Crippen LogP contribution is 2.15. The summed E-state index contributed by atoms with van der Waals surface area (Å²) >= 11 is 0. The van der Waals surface area contributed by atoms with E-state index < -0.39 is 0 Å². The van der Waals surface area contributed by atoms with E-state index in [9.17, 15) is 0 Å². The number of aromatic nitrogens is 1. The van der Waals surface area contributed by atoms with Crippen molar-refractivity contribution in [2.75, 3.05) is 7.05 Å². The Bertz CT molecular complexity index is 327. The quantitative estimate of drug-likeness (QED) is 0.560. The lowest BCUT2D eigenvalue weighted by molar-refractivity contribution is -0.534. The van der Waals surface area contributed by atoms with Crippen LogP contribution in [0.25, 0.3) is 0 Å².